The molecule has 4 nitrogen and oxygen atoms in total. The molecule has 0 saturated heterocycles. The molecule has 0 atom stereocenters. The van der Waals surface area contributed by atoms with Crippen molar-refractivity contribution in [3.8, 4) is 11.5 Å². The van der Waals surface area contributed by atoms with Crippen molar-refractivity contribution in [3.63, 3.8) is 0 Å². The highest BCUT2D eigenvalue weighted by atomic mass is 127. The highest BCUT2D eigenvalue weighted by Gasteiger charge is 2.12. The van der Waals surface area contributed by atoms with Crippen LogP contribution in [0.3, 0.4) is 0 Å². The number of hydrogen-bond acceptors (Lipinski definition) is 3. The molecule has 2 aromatic rings. The third-order valence-electron chi connectivity index (χ3n) is 3.02. The van der Waals surface area contributed by atoms with Crippen LogP contribution in [0.15, 0.2) is 42.5 Å². The van der Waals surface area contributed by atoms with Crippen molar-refractivity contribution < 1.29 is 19.4 Å². The monoisotopic (exact) mass is 458 g/mol. The minimum Gasteiger partial charge on any atom is -0.490 e. The van der Waals surface area contributed by atoms with E-state index in [2.05, 4.69) is 22.6 Å². The molecule has 24 heavy (non-hydrogen) atoms. The van der Waals surface area contributed by atoms with Crippen molar-refractivity contribution in [3.05, 3.63) is 62.2 Å². The third kappa shape index (κ3) is 5.42. The van der Waals surface area contributed by atoms with Crippen molar-refractivity contribution in [2.45, 2.75) is 13.5 Å². The van der Waals surface area contributed by atoms with E-state index in [0.29, 0.717) is 29.7 Å². The second-order valence-corrected chi connectivity index (χ2v) is 6.45. The van der Waals surface area contributed by atoms with Crippen molar-refractivity contribution >= 4 is 46.2 Å². The Hall–Kier alpha value is -1.73. The first-order valence-corrected chi connectivity index (χ1v) is 8.70. The average Bonchev–Trinajstić information content (AvgIpc) is 2.52. The summed E-state index contributed by atoms with van der Waals surface area (Å²) in [5.41, 5.74) is 1.69. The van der Waals surface area contributed by atoms with Crippen LogP contribution in [0.25, 0.3) is 6.08 Å². The summed E-state index contributed by atoms with van der Waals surface area (Å²) in [6.07, 6.45) is 2.61. The summed E-state index contributed by atoms with van der Waals surface area (Å²) in [5, 5.41) is 9.41. The van der Waals surface area contributed by atoms with Crippen LogP contribution in [0.1, 0.15) is 18.1 Å². The summed E-state index contributed by atoms with van der Waals surface area (Å²) in [6, 6.07) is 11.1. The number of carboxylic acids is 1. The quantitative estimate of drug-likeness (QED) is 0.468. The van der Waals surface area contributed by atoms with Gasteiger partial charge in [-0.15, -0.1) is 0 Å². The van der Waals surface area contributed by atoms with Crippen LogP contribution in [-0.2, 0) is 11.4 Å². The molecule has 0 unspecified atom stereocenters. The maximum atomic E-state index is 10.7. The van der Waals surface area contributed by atoms with Crippen molar-refractivity contribution in [2.75, 3.05) is 6.61 Å². The molecule has 0 saturated carbocycles. The molecule has 0 aliphatic carbocycles. The fraction of sp³-hybridized carbons (Fsp3) is 0.167. The van der Waals surface area contributed by atoms with E-state index in [1.54, 1.807) is 6.07 Å². The summed E-state index contributed by atoms with van der Waals surface area (Å²) in [7, 11) is 0. The van der Waals surface area contributed by atoms with Gasteiger partial charge in [0, 0.05) is 11.1 Å². The summed E-state index contributed by atoms with van der Waals surface area (Å²) in [6.45, 7) is 2.73. The normalized spacial score (nSPS) is 10.8. The van der Waals surface area contributed by atoms with Crippen LogP contribution in [0.2, 0.25) is 5.02 Å². The van der Waals surface area contributed by atoms with Gasteiger partial charge in [-0.25, -0.2) is 4.79 Å². The SMILES string of the molecule is CCOc1cc(C=CC(=O)O)cc(I)c1OCc1cccc(Cl)c1. The lowest BCUT2D eigenvalue weighted by Crippen LogP contribution is -2.02. The van der Waals surface area contributed by atoms with Crippen LogP contribution >= 0.6 is 34.2 Å². The molecule has 1 N–H and O–H groups in total. The van der Waals surface area contributed by atoms with Gasteiger partial charge in [0.05, 0.1) is 10.2 Å². The van der Waals surface area contributed by atoms with Gasteiger partial charge in [0.25, 0.3) is 0 Å². The first kappa shape index (κ1) is 18.6. The van der Waals surface area contributed by atoms with Gasteiger partial charge < -0.3 is 14.6 Å². The van der Waals surface area contributed by atoms with Crippen LogP contribution < -0.4 is 9.47 Å². The Morgan fingerprint density at radius 1 is 1.29 bits per heavy atom. The Bertz CT molecular complexity index is 759. The molecule has 0 radical (unpaired) electrons. The smallest absolute Gasteiger partial charge is 0.328 e. The predicted octanol–water partition coefficient (Wildman–Crippen LogP) is 5.02. The van der Waals surface area contributed by atoms with E-state index in [-0.39, 0.29) is 0 Å². The third-order valence-corrected chi connectivity index (χ3v) is 4.06. The Balaban J connectivity index is 2.25. The van der Waals surface area contributed by atoms with Gasteiger partial charge in [-0.2, -0.15) is 0 Å². The molecule has 0 aromatic heterocycles. The maximum absolute atomic E-state index is 10.7. The van der Waals surface area contributed by atoms with Crippen molar-refractivity contribution in [1.29, 1.82) is 0 Å². The van der Waals surface area contributed by atoms with E-state index in [1.165, 1.54) is 6.08 Å². The Morgan fingerprint density at radius 2 is 2.08 bits per heavy atom. The van der Waals surface area contributed by atoms with Gasteiger partial charge in [-0.05, 0) is 71.0 Å². The zero-order valence-electron chi connectivity index (χ0n) is 13.0. The van der Waals surface area contributed by atoms with Crippen LogP contribution in [0.4, 0.5) is 0 Å². The minimum atomic E-state index is -0.996. The molecule has 0 heterocycles. The number of carboxylic acid groups (broad SMARTS) is 1. The molecule has 0 fully saturated rings. The van der Waals surface area contributed by atoms with Crippen molar-refractivity contribution in [1.82, 2.24) is 0 Å². The van der Waals surface area contributed by atoms with Crippen LogP contribution in [0.5, 0.6) is 11.5 Å². The summed E-state index contributed by atoms with van der Waals surface area (Å²) in [4.78, 5) is 10.7. The van der Waals surface area contributed by atoms with Crippen LogP contribution in [-0.4, -0.2) is 17.7 Å². The molecule has 0 aliphatic heterocycles. The number of ether oxygens (including phenoxy) is 2. The van der Waals surface area contributed by atoms with Gasteiger partial charge >= 0.3 is 5.97 Å². The van der Waals surface area contributed by atoms with Gasteiger partial charge in [0.2, 0.25) is 0 Å². The second-order valence-electron chi connectivity index (χ2n) is 4.85. The standard InChI is InChI=1S/C18H16ClIO4/c1-2-23-16-10-12(6-7-17(21)22)9-15(20)18(16)24-11-13-4-3-5-14(19)8-13/h3-10H,2,11H2,1H3,(H,21,22). The number of halogens is 2. The highest BCUT2D eigenvalue weighted by Crippen LogP contribution is 2.35. The first-order valence-electron chi connectivity index (χ1n) is 7.24. The van der Waals surface area contributed by atoms with Gasteiger partial charge in [0.1, 0.15) is 6.61 Å². The minimum absolute atomic E-state index is 0.362. The van der Waals surface area contributed by atoms with Crippen LogP contribution in [0, 0.1) is 3.57 Å². The number of rotatable bonds is 7. The fourth-order valence-electron chi connectivity index (χ4n) is 2.04. The van der Waals surface area contributed by atoms with Gasteiger partial charge in [-0.3, -0.25) is 0 Å². The predicted molar refractivity (Wildman–Crippen MR) is 103 cm³/mol. The molecule has 0 spiro atoms. The van der Waals surface area contributed by atoms with E-state index < -0.39 is 5.97 Å². The molecule has 2 aromatic carbocycles. The molecular formula is C18H16ClIO4. The Kier molecular flexibility index (Phi) is 6.93. The highest BCUT2D eigenvalue weighted by molar-refractivity contribution is 14.1. The number of benzene rings is 2. The van der Waals surface area contributed by atoms with Crippen molar-refractivity contribution in [2.24, 2.45) is 0 Å². The zero-order valence-corrected chi connectivity index (χ0v) is 15.9. The van der Waals surface area contributed by atoms with E-state index in [1.807, 2.05) is 37.3 Å². The number of hydrogen-bond donors (Lipinski definition) is 1. The molecule has 126 valence electrons. The second kappa shape index (κ2) is 8.94. The van der Waals surface area contributed by atoms with Gasteiger partial charge in [0.15, 0.2) is 11.5 Å². The number of aliphatic carboxylic acids is 1. The van der Waals surface area contributed by atoms with E-state index in [9.17, 15) is 4.79 Å². The van der Waals surface area contributed by atoms with E-state index in [0.717, 1.165) is 20.8 Å². The summed E-state index contributed by atoms with van der Waals surface area (Å²) >= 11 is 8.13. The molecule has 2 rings (SSSR count). The zero-order chi connectivity index (χ0) is 17.5. The lowest BCUT2D eigenvalue weighted by atomic mass is 10.2. The Morgan fingerprint density at radius 3 is 2.75 bits per heavy atom. The molecule has 0 aliphatic rings. The summed E-state index contributed by atoms with van der Waals surface area (Å²) in [5.74, 6) is 0.214. The first-order chi connectivity index (χ1) is 11.5. The van der Waals surface area contributed by atoms with Gasteiger partial charge in [-0.1, -0.05) is 23.7 Å². The largest absolute Gasteiger partial charge is 0.490 e. The molecular weight excluding hydrogens is 443 g/mol. The Labute approximate surface area is 159 Å². The molecule has 0 bridgehead atoms. The topological polar surface area (TPSA) is 55.8 Å². The molecule has 6 heteroatoms. The average molecular weight is 459 g/mol. The van der Waals surface area contributed by atoms with E-state index in [4.69, 9.17) is 26.2 Å². The fourth-order valence-corrected chi connectivity index (χ4v) is 3.03. The summed E-state index contributed by atoms with van der Waals surface area (Å²) < 4.78 is 12.4. The lowest BCUT2D eigenvalue weighted by Gasteiger charge is -2.15. The molecule has 0 amide bonds. The van der Waals surface area contributed by atoms with E-state index >= 15 is 0 Å². The number of carbonyl (C=O) groups is 1. The lowest BCUT2D eigenvalue weighted by molar-refractivity contribution is -0.131. The maximum Gasteiger partial charge on any atom is 0.328 e.